The Bertz CT molecular complexity index is 1350. The highest BCUT2D eigenvalue weighted by Gasteiger charge is 2.47. The molecule has 174 valence electrons. The molecule has 0 aliphatic rings. The Morgan fingerprint density at radius 1 is 0.417 bits per heavy atom. The van der Waals surface area contributed by atoms with E-state index < -0.39 is 7.26 Å². The molecule has 0 bridgehead atoms. The third-order valence-corrected chi connectivity index (χ3v) is 10.8. The summed E-state index contributed by atoms with van der Waals surface area (Å²) in [4.78, 5) is 26.7. The van der Waals surface area contributed by atoms with Gasteiger partial charge in [-0.3, -0.25) is 9.59 Å². The van der Waals surface area contributed by atoms with E-state index in [2.05, 4.69) is 36.4 Å². The van der Waals surface area contributed by atoms with Gasteiger partial charge in [0, 0.05) is 16.7 Å². The van der Waals surface area contributed by atoms with Gasteiger partial charge in [0.2, 0.25) is 5.78 Å². The Labute approximate surface area is 212 Å². The van der Waals surface area contributed by atoms with Crippen LogP contribution in [-0.2, 0) is 0 Å². The Kier molecular flexibility index (Phi) is 6.98. The van der Waals surface area contributed by atoms with Crippen LogP contribution < -0.4 is 15.9 Å². The van der Waals surface area contributed by atoms with Crippen LogP contribution in [0.15, 0.2) is 146 Å². The first kappa shape index (κ1) is 23.6. The first-order chi connectivity index (χ1) is 17.7. The normalized spacial score (nSPS) is 11.1. The SMILES string of the molecule is O=C(C[P+](c1ccccc1)(c1ccccc1)c1ccccc1)c1ccc(C(=O)c2ccccc2)cc1. The van der Waals surface area contributed by atoms with E-state index in [9.17, 15) is 9.59 Å². The molecule has 5 aromatic rings. The number of benzene rings is 5. The van der Waals surface area contributed by atoms with E-state index in [-0.39, 0.29) is 11.6 Å². The lowest BCUT2D eigenvalue weighted by molar-refractivity contribution is 0.101. The lowest BCUT2D eigenvalue weighted by Crippen LogP contribution is -2.35. The van der Waals surface area contributed by atoms with Crippen molar-refractivity contribution >= 4 is 34.7 Å². The van der Waals surface area contributed by atoms with E-state index >= 15 is 0 Å². The monoisotopic (exact) mass is 485 g/mol. The average molecular weight is 486 g/mol. The number of hydrogen-bond donors (Lipinski definition) is 0. The molecular weight excluding hydrogens is 459 g/mol. The molecule has 2 nitrogen and oxygen atoms in total. The van der Waals surface area contributed by atoms with Gasteiger partial charge in [0.05, 0.1) is 0 Å². The Morgan fingerprint density at radius 2 is 0.750 bits per heavy atom. The lowest BCUT2D eigenvalue weighted by Gasteiger charge is -2.27. The minimum absolute atomic E-state index is 0.0469. The van der Waals surface area contributed by atoms with E-state index in [0.717, 1.165) is 0 Å². The second-order valence-electron chi connectivity index (χ2n) is 8.67. The molecule has 0 saturated heterocycles. The second kappa shape index (κ2) is 10.6. The van der Waals surface area contributed by atoms with E-state index in [1.54, 1.807) is 36.4 Å². The highest BCUT2D eigenvalue weighted by molar-refractivity contribution is 7.96. The van der Waals surface area contributed by atoms with Crippen LogP contribution in [0.1, 0.15) is 26.3 Å². The van der Waals surface area contributed by atoms with Crippen LogP contribution in [0.2, 0.25) is 0 Å². The molecule has 0 radical (unpaired) electrons. The van der Waals surface area contributed by atoms with Gasteiger partial charge in [0.15, 0.2) is 5.78 Å². The van der Waals surface area contributed by atoms with Gasteiger partial charge in [-0.15, -0.1) is 0 Å². The molecule has 0 spiro atoms. The van der Waals surface area contributed by atoms with Crippen LogP contribution in [0.5, 0.6) is 0 Å². The summed E-state index contributed by atoms with van der Waals surface area (Å²) in [6, 6.07) is 47.5. The van der Waals surface area contributed by atoms with E-state index in [0.29, 0.717) is 22.9 Å². The van der Waals surface area contributed by atoms with Crippen LogP contribution in [0.4, 0.5) is 0 Å². The molecule has 0 aliphatic carbocycles. The van der Waals surface area contributed by atoms with Gasteiger partial charge in [-0.05, 0) is 36.4 Å². The van der Waals surface area contributed by atoms with Crippen molar-refractivity contribution in [3.05, 3.63) is 162 Å². The number of ketones is 2. The summed E-state index contributed by atoms with van der Waals surface area (Å²) in [5, 5.41) is 3.52. The zero-order valence-corrected chi connectivity index (χ0v) is 20.7. The van der Waals surface area contributed by atoms with Crippen LogP contribution in [-0.4, -0.2) is 17.7 Å². The first-order valence-corrected chi connectivity index (χ1v) is 13.9. The van der Waals surface area contributed by atoms with Crippen molar-refractivity contribution in [2.24, 2.45) is 0 Å². The van der Waals surface area contributed by atoms with Gasteiger partial charge >= 0.3 is 0 Å². The summed E-state index contributed by atoms with van der Waals surface area (Å²) in [5.41, 5.74) is 1.83. The average Bonchev–Trinajstić information content (AvgIpc) is 2.97. The Balaban J connectivity index is 1.55. The van der Waals surface area contributed by atoms with Gasteiger partial charge in [-0.2, -0.15) is 0 Å². The van der Waals surface area contributed by atoms with Crippen molar-refractivity contribution in [2.75, 3.05) is 6.16 Å². The molecule has 5 aromatic carbocycles. The quantitative estimate of drug-likeness (QED) is 0.197. The van der Waals surface area contributed by atoms with Gasteiger partial charge < -0.3 is 0 Å². The third-order valence-electron chi connectivity index (χ3n) is 6.48. The highest BCUT2D eigenvalue weighted by Crippen LogP contribution is 2.55. The maximum atomic E-state index is 13.9. The number of rotatable bonds is 8. The predicted octanol–water partition coefficient (Wildman–Crippen LogP) is 6.09. The minimum atomic E-state index is -2.27. The third kappa shape index (κ3) is 4.69. The summed E-state index contributed by atoms with van der Waals surface area (Å²) in [6.07, 6.45) is 0.372. The maximum absolute atomic E-state index is 13.9. The summed E-state index contributed by atoms with van der Waals surface area (Å²) in [6.45, 7) is 0. The smallest absolute Gasteiger partial charge is 0.201 e. The fourth-order valence-electron chi connectivity index (χ4n) is 4.64. The molecule has 3 heteroatoms. The summed E-state index contributed by atoms with van der Waals surface area (Å²) in [7, 11) is -2.27. The van der Waals surface area contributed by atoms with Crippen LogP contribution in [0, 0.1) is 0 Å². The molecule has 0 aromatic heterocycles. The number of carbonyl (C=O) groups is 2. The zero-order valence-electron chi connectivity index (χ0n) is 19.8. The molecule has 0 amide bonds. The largest absolute Gasteiger partial charge is 0.290 e. The van der Waals surface area contributed by atoms with Gasteiger partial charge in [-0.1, -0.05) is 109 Å². The van der Waals surface area contributed by atoms with Crippen molar-refractivity contribution in [2.45, 2.75) is 0 Å². The van der Waals surface area contributed by atoms with E-state index in [4.69, 9.17) is 0 Å². The molecular formula is C33H26O2P+. The summed E-state index contributed by atoms with van der Waals surface area (Å²) >= 11 is 0. The lowest BCUT2D eigenvalue weighted by atomic mass is 10.0. The van der Waals surface area contributed by atoms with Crippen LogP contribution >= 0.6 is 7.26 Å². The van der Waals surface area contributed by atoms with Gasteiger partial charge in [0.1, 0.15) is 29.3 Å². The number of carbonyl (C=O) groups excluding carboxylic acids is 2. The molecule has 0 unspecified atom stereocenters. The number of Topliss-reactive ketones (excluding diaryl/α,β-unsaturated/α-hetero) is 1. The Hall–Kier alpha value is -4.13. The maximum Gasteiger partial charge on any atom is 0.201 e. The molecule has 0 N–H and O–H groups in total. The fourth-order valence-corrected chi connectivity index (χ4v) is 8.74. The topological polar surface area (TPSA) is 34.1 Å². The van der Waals surface area contributed by atoms with Crippen molar-refractivity contribution in [3.63, 3.8) is 0 Å². The molecule has 0 aliphatic heterocycles. The molecule has 0 saturated carbocycles. The van der Waals surface area contributed by atoms with Crippen molar-refractivity contribution in [1.29, 1.82) is 0 Å². The van der Waals surface area contributed by atoms with E-state index in [1.807, 2.05) is 72.8 Å². The van der Waals surface area contributed by atoms with Crippen molar-refractivity contribution < 1.29 is 9.59 Å². The van der Waals surface area contributed by atoms with Crippen molar-refractivity contribution in [1.82, 2.24) is 0 Å². The first-order valence-electron chi connectivity index (χ1n) is 12.0. The summed E-state index contributed by atoms with van der Waals surface area (Å²) < 4.78 is 0. The zero-order chi connectivity index (χ0) is 24.8. The Morgan fingerprint density at radius 3 is 1.17 bits per heavy atom. The summed E-state index contributed by atoms with van der Waals surface area (Å²) in [5.74, 6) is 0.0212. The van der Waals surface area contributed by atoms with Crippen LogP contribution in [0.3, 0.4) is 0 Å². The minimum Gasteiger partial charge on any atom is -0.290 e. The molecule has 5 rings (SSSR count). The number of hydrogen-bond acceptors (Lipinski definition) is 2. The fraction of sp³-hybridized carbons (Fsp3) is 0.0303. The predicted molar refractivity (Wildman–Crippen MR) is 151 cm³/mol. The second-order valence-corrected chi connectivity index (χ2v) is 12.2. The van der Waals surface area contributed by atoms with Crippen molar-refractivity contribution in [3.8, 4) is 0 Å². The molecule has 0 atom stereocenters. The molecule has 0 fully saturated rings. The molecule has 0 heterocycles. The standard InChI is InChI=1S/C33H26O2P/c34-32(26-21-23-28(24-22-26)33(35)27-13-5-1-6-14-27)25-36(29-15-7-2-8-16-29,30-17-9-3-10-18-30)31-19-11-4-12-20-31/h1-24H,25H2/q+1. The van der Waals surface area contributed by atoms with Gasteiger partial charge in [0.25, 0.3) is 0 Å². The van der Waals surface area contributed by atoms with Crippen LogP contribution in [0.25, 0.3) is 0 Å². The molecule has 36 heavy (non-hydrogen) atoms. The van der Waals surface area contributed by atoms with E-state index in [1.165, 1.54) is 15.9 Å². The van der Waals surface area contributed by atoms with Gasteiger partial charge in [-0.25, -0.2) is 0 Å². The highest BCUT2D eigenvalue weighted by atomic mass is 31.2.